The molecule has 0 aliphatic carbocycles. The Hall–Kier alpha value is -1.18. The summed E-state index contributed by atoms with van der Waals surface area (Å²) in [5.41, 5.74) is 0. The number of carboxylic acids is 2. The first-order chi connectivity index (χ1) is 9.06. The largest absolute Gasteiger partial charge is 0.478 e. The molecule has 1 heterocycles. The predicted molar refractivity (Wildman–Crippen MR) is 74.6 cm³/mol. The molecular formula is C12H18BrNO5. The maximum atomic E-state index is 10.1. The third-order valence-corrected chi connectivity index (χ3v) is 2.45. The van der Waals surface area contributed by atoms with Crippen LogP contribution in [0.1, 0.15) is 0 Å². The molecule has 0 unspecified atom stereocenters. The zero-order chi connectivity index (χ0) is 14.5. The minimum absolute atomic E-state index is 0.597. The van der Waals surface area contributed by atoms with Gasteiger partial charge in [-0.3, -0.25) is 4.90 Å². The molecular weight excluding hydrogens is 318 g/mol. The van der Waals surface area contributed by atoms with Gasteiger partial charge in [-0.25, -0.2) is 9.59 Å². The lowest BCUT2D eigenvalue weighted by molar-refractivity contribution is -0.132. The first-order valence-corrected chi connectivity index (χ1v) is 6.83. The summed E-state index contributed by atoms with van der Waals surface area (Å²) in [5, 5.41) is 16.8. The molecule has 6 nitrogen and oxygen atoms in total. The minimum atomic E-state index is -0.903. The Morgan fingerprint density at radius 1 is 1.11 bits per heavy atom. The zero-order valence-corrected chi connectivity index (χ0v) is 12.1. The van der Waals surface area contributed by atoms with Crippen molar-refractivity contribution < 1.29 is 24.5 Å². The number of aliphatic carboxylic acids is 2. The van der Waals surface area contributed by atoms with Gasteiger partial charge in [-0.15, -0.1) is 0 Å². The van der Waals surface area contributed by atoms with Crippen molar-refractivity contribution in [3.63, 3.8) is 0 Å². The van der Waals surface area contributed by atoms with Gasteiger partial charge in [0.05, 0.1) is 13.2 Å². The summed E-state index contributed by atoms with van der Waals surface area (Å²) in [6.07, 6.45) is 5.44. The van der Waals surface area contributed by atoms with Gasteiger partial charge in [-0.1, -0.05) is 28.1 Å². The number of hydrogen-bond donors (Lipinski definition) is 2. The number of allylic oxidation sites excluding steroid dienone is 1. The lowest BCUT2D eigenvalue weighted by atomic mass is 10.4. The van der Waals surface area contributed by atoms with Gasteiger partial charge in [0.2, 0.25) is 0 Å². The van der Waals surface area contributed by atoms with E-state index in [2.05, 4.69) is 20.8 Å². The highest BCUT2D eigenvalue weighted by atomic mass is 79.9. The Balaban J connectivity index is 0.000000399. The molecule has 1 aliphatic heterocycles. The quantitative estimate of drug-likeness (QED) is 0.575. The summed E-state index contributed by atoms with van der Waals surface area (Å²) in [5.74, 6) is -1.79. The first-order valence-electron chi connectivity index (χ1n) is 5.71. The van der Waals surface area contributed by atoms with Crippen LogP contribution in [0.25, 0.3) is 0 Å². The summed E-state index contributed by atoms with van der Waals surface area (Å²) >= 11 is 3.03. The summed E-state index contributed by atoms with van der Waals surface area (Å²) in [4.78, 5) is 21.9. The van der Waals surface area contributed by atoms with E-state index in [4.69, 9.17) is 14.9 Å². The van der Waals surface area contributed by atoms with Crippen LogP contribution in [0.15, 0.2) is 24.3 Å². The van der Waals surface area contributed by atoms with Crippen molar-refractivity contribution in [2.24, 2.45) is 0 Å². The Morgan fingerprint density at radius 3 is 2.05 bits per heavy atom. The van der Waals surface area contributed by atoms with E-state index in [0.717, 1.165) is 32.4 Å². The van der Waals surface area contributed by atoms with Crippen LogP contribution < -0.4 is 0 Å². The summed E-state index contributed by atoms with van der Waals surface area (Å²) in [6.45, 7) is 3.99. The van der Waals surface area contributed by atoms with Crippen molar-refractivity contribution >= 4 is 27.9 Å². The Bertz CT molecular complexity index is 324. The maximum Gasteiger partial charge on any atom is 0.328 e. The van der Waals surface area contributed by atoms with Crippen LogP contribution in [0.2, 0.25) is 0 Å². The third kappa shape index (κ3) is 13.1. The second-order valence-corrected chi connectivity index (χ2v) is 4.20. The van der Waals surface area contributed by atoms with E-state index in [9.17, 15) is 9.59 Å². The number of carbonyl (C=O) groups is 2. The van der Waals surface area contributed by atoms with E-state index in [0.29, 0.717) is 11.9 Å². The van der Waals surface area contributed by atoms with E-state index in [1.165, 1.54) is 12.2 Å². The number of morpholine rings is 1. The molecule has 7 heteroatoms. The second-order valence-electron chi connectivity index (χ2n) is 3.55. The summed E-state index contributed by atoms with van der Waals surface area (Å²) < 4.78 is 5.15. The lowest BCUT2D eigenvalue weighted by Crippen LogP contribution is -2.36. The molecule has 1 fully saturated rings. The second kappa shape index (κ2) is 11.9. The molecule has 0 amide bonds. The molecule has 1 rings (SSSR count). The minimum Gasteiger partial charge on any atom is -0.478 e. The molecule has 1 aliphatic rings. The van der Waals surface area contributed by atoms with Gasteiger partial charge in [-0.05, 0) is 0 Å². The van der Waals surface area contributed by atoms with E-state index in [-0.39, 0.29) is 0 Å². The fourth-order valence-corrected chi connectivity index (χ4v) is 1.42. The molecule has 108 valence electrons. The number of halogens is 1. The van der Waals surface area contributed by atoms with E-state index < -0.39 is 11.9 Å². The fraction of sp³-hybridized carbons (Fsp3) is 0.500. The topological polar surface area (TPSA) is 87.1 Å². The molecule has 0 bridgehead atoms. The number of ether oxygens (including phenoxy) is 1. The molecule has 0 aromatic rings. The van der Waals surface area contributed by atoms with Gasteiger partial charge in [0, 0.05) is 37.1 Å². The van der Waals surface area contributed by atoms with Gasteiger partial charge in [0.15, 0.2) is 0 Å². The van der Waals surface area contributed by atoms with E-state index >= 15 is 0 Å². The number of hydrogen-bond acceptors (Lipinski definition) is 4. The van der Waals surface area contributed by atoms with Gasteiger partial charge < -0.3 is 14.9 Å². The lowest BCUT2D eigenvalue weighted by Gasteiger charge is -2.24. The van der Waals surface area contributed by atoms with Crippen molar-refractivity contribution in [3.05, 3.63) is 24.3 Å². The van der Waals surface area contributed by atoms with Gasteiger partial charge in [0.25, 0.3) is 0 Å². The fourth-order valence-electron chi connectivity index (χ4n) is 1.23. The molecule has 0 radical (unpaired) electrons. The zero-order valence-electron chi connectivity index (χ0n) is 10.5. The first kappa shape index (κ1) is 17.8. The highest BCUT2D eigenvalue weighted by Crippen LogP contribution is 1.95. The SMILES string of the molecule is O=C(O)/C=C/CBr.O=C(O)/C=C/CN1CCOCC1. The number of alkyl halides is 1. The number of nitrogens with zero attached hydrogens (tertiary/aromatic N) is 1. The van der Waals surface area contributed by atoms with Crippen LogP contribution in [0.5, 0.6) is 0 Å². The van der Waals surface area contributed by atoms with Crippen molar-refractivity contribution in [2.45, 2.75) is 0 Å². The van der Waals surface area contributed by atoms with Crippen molar-refractivity contribution in [3.8, 4) is 0 Å². The van der Waals surface area contributed by atoms with Crippen molar-refractivity contribution in [1.29, 1.82) is 0 Å². The average molecular weight is 336 g/mol. The van der Waals surface area contributed by atoms with Crippen LogP contribution in [0.3, 0.4) is 0 Å². The maximum absolute atomic E-state index is 10.1. The average Bonchev–Trinajstić information content (AvgIpc) is 2.38. The summed E-state index contributed by atoms with van der Waals surface area (Å²) in [6, 6.07) is 0. The van der Waals surface area contributed by atoms with E-state index in [1.54, 1.807) is 6.08 Å². The molecule has 19 heavy (non-hydrogen) atoms. The van der Waals surface area contributed by atoms with Gasteiger partial charge in [-0.2, -0.15) is 0 Å². The van der Waals surface area contributed by atoms with Crippen LogP contribution >= 0.6 is 15.9 Å². The molecule has 1 saturated heterocycles. The Labute approximate surface area is 120 Å². The van der Waals surface area contributed by atoms with Crippen LogP contribution in [0.4, 0.5) is 0 Å². The highest BCUT2D eigenvalue weighted by Gasteiger charge is 2.07. The molecule has 0 aromatic heterocycles. The monoisotopic (exact) mass is 335 g/mol. The standard InChI is InChI=1S/C8H13NO3.C4H5BrO2/c10-8(11)2-1-3-9-4-6-12-7-5-9;5-3-1-2-4(6)7/h1-2H,3-7H2,(H,10,11);1-2H,3H2,(H,6,7)/b2*2-1+. The normalized spacial score (nSPS) is 16.3. The van der Waals surface area contributed by atoms with Gasteiger partial charge >= 0.3 is 11.9 Å². The molecule has 0 saturated carbocycles. The smallest absolute Gasteiger partial charge is 0.328 e. The summed E-state index contributed by atoms with van der Waals surface area (Å²) in [7, 11) is 0. The third-order valence-electron chi connectivity index (χ3n) is 2.08. The van der Waals surface area contributed by atoms with Crippen LogP contribution in [-0.2, 0) is 14.3 Å². The Kier molecular flexibility index (Phi) is 11.1. The number of carboxylic acid groups (broad SMARTS) is 2. The predicted octanol–water partition coefficient (Wildman–Crippen LogP) is 0.982. The van der Waals surface area contributed by atoms with Crippen molar-refractivity contribution in [2.75, 3.05) is 38.2 Å². The van der Waals surface area contributed by atoms with Crippen LogP contribution in [0, 0.1) is 0 Å². The van der Waals surface area contributed by atoms with Gasteiger partial charge in [0.1, 0.15) is 0 Å². The molecule has 0 aromatic carbocycles. The van der Waals surface area contributed by atoms with Crippen molar-refractivity contribution in [1.82, 2.24) is 4.90 Å². The highest BCUT2D eigenvalue weighted by molar-refractivity contribution is 9.09. The number of rotatable bonds is 5. The van der Waals surface area contributed by atoms with Crippen LogP contribution in [-0.4, -0.2) is 65.2 Å². The van der Waals surface area contributed by atoms with E-state index in [1.807, 2.05) is 0 Å². The molecule has 0 atom stereocenters. The Morgan fingerprint density at radius 2 is 1.63 bits per heavy atom. The molecule has 2 N–H and O–H groups in total. The molecule has 0 spiro atoms.